The van der Waals surface area contributed by atoms with Crippen LogP contribution in [0.15, 0.2) is 109 Å². The van der Waals surface area contributed by atoms with Gasteiger partial charge in [-0.3, -0.25) is 14.7 Å². The predicted octanol–water partition coefficient (Wildman–Crippen LogP) is 8.86. The molecule has 11 heteroatoms. The van der Waals surface area contributed by atoms with Crippen LogP contribution < -0.4 is 14.2 Å². The third-order valence-corrected chi connectivity index (χ3v) is 8.97. The van der Waals surface area contributed by atoms with E-state index in [-0.39, 0.29) is 18.3 Å². The molecule has 54 heavy (non-hydrogen) atoms. The van der Waals surface area contributed by atoms with Gasteiger partial charge in [-0.1, -0.05) is 54.1 Å². The van der Waals surface area contributed by atoms with Crippen LogP contribution in [0, 0.1) is 25.2 Å². The number of benzene rings is 3. The fourth-order valence-electron chi connectivity index (χ4n) is 5.70. The van der Waals surface area contributed by atoms with Crippen molar-refractivity contribution in [1.29, 1.82) is 5.26 Å². The van der Waals surface area contributed by atoms with Gasteiger partial charge in [-0.05, 0) is 96.3 Å². The third kappa shape index (κ3) is 11.4. The van der Waals surface area contributed by atoms with Gasteiger partial charge in [0.05, 0.1) is 29.0 Å². The average molecular weight is 763 g/mol. The van der Waals surface area contributed by atoms with Gasteiger partial charge in [-0.15, -0.1) is 12.4 Å². The lowest BCUT2D eigenvalue weighted by Gasteiger charge is -2.34. The minimum atomic E-state index is -0.0248. The number of nitrogens with zero attached hydrogens (tertiary/aromatic N) is 5. The van der Waals surface area contributed by atoms with E-state index in [1.165, 1.54) is 5.56 Å². The summed E-state index contributed by atoms with van der Waals surface area (Å²) in [6, 6.07) is 28.9. The second-order valence-corrected chi connectivity index (χ2v) is 13.1. The molecule has 6 rings (SSSR count). The van der Waals surface area contributed by atoms with Crippen LogP contribution in [0.1, 0.15) is 39.1 Å². The molecule has 9 nitrogen and oxygen atoms in total. The van der Waals surface area contributed by atoms with E-state index in [1.54, 1.807) is 54.9 Å². The Morgan fingerprint density at radius 2 is 1.54 bits per heavy atom. The van der Waals surface area contributed by atoms with Gasteiger partial charge in [0.2, 0.25) is 11.8 Å². The number of hydrogen-bond donors (Lipinski definition) is 0. The number of carbonyl (C=O) groups excluding carboxylic acids is 1. The van der Waals surface area contributed by atoms with Gasteiger partial charge in [-0.25, -0.2) is 4.98 Å². The standard InChI is InChI=1S/C43H40ClN5O4.ClH/c1-31-24-37(25-40(44)43(31)53-41-17-16-39(28-47-41)52-30-36-12-8-34(26-45)9-13-36)14-18-42(50)49-21-19-48(20-22-49)29-35-10-6-33(7-11-35)4-3-23-51-38-15-5-32(2)46-27-38;/h3-18,24-25,27-28H,19-23,29-30H2,1-2H3;1H. The molecule has 0 bridgehead atoms. The molecule has 276 valence electrons. The molecule has 1 aliphatic heterocycles. The smallest absolute Gasteiger partial charge is 0.246 e. The Kier molecular flexibility index (Phi) is 14.2. The first-order valence-corrected chi connectivity index (χ1v) is 17.8. The summed E-state index contributed by atoms with van der Waals surface area (Å²) in [5.74, 6) is 2.19. The van der Waals surface area contributed by atoms with Crippen molar-refractivity contribution >= 4 is 42.1 Å². The molecule has 0 unspecified atom stereocenters. The Bertz CT molecular complexity index is 2070. The first-order chi connectivity index (χ1) is 25.8. The summed E-state index contributed by atoms with van der Waals surface area (Å²) in [5.41, 5.74) is 6.49. The monoisotopic (exact) mass is 761 g/mol. The Morgan fingerprint density at radius 3 is 2.20 bits per heavy atom. The molecule has 0 spiro atoms. The minimum absolute atomic E-state index is 0. The number of nitriles is 1. The maximum Gasteiger partial charge on any atom is 0.246 e. The molecule has 0 saturated carbocycles. The molecule has 1 fully saturated rings. The van der Waals surface area contributed by atoms with E-state index in [4.69, 9.17) is 31.1 Å². The molecule has 0 N–H and O–H groups in total. The van der Waals surface area contributed by atoms with Gasteiger partial charge >= 0.3 is 0 Å². The van der Waals surface area contributed by atoms with E-state index in [9.17, 15) is 4.79 Å². The van der Waals surface area contributed by atoms with Gasteiger partial charge < -0.3 is 19.1 Å². The largest absolute Gasteiger partial charge is 0.488 e. The van der Waals surface area contributed by atoms with Crippen molar-refractivity contribution < 1.29 is 19.0 Å². The Labute approximate surface area is 327 Å². The Hall–Kier alpha value is -5.66. The van der Waals surface area contributed by atoms with Gasteiger partial charge in [0, 0.05) is 50.6 Å². The third-order valence-electron chi connectivity index (χ3n) is 8.68. The molecule has 5 aromatic rings. The van der Waals surface area contributed by atoms with Crippen molar-refractivity contribution in [1.82, 2.24) is 19.8 Å². The summed E-state index contributed by atoms with van der Waals surface area (Å²) in [7, 11) is 0. The average Bonchev–Trinajstić information content (AvgIpc) is 3.18. The quantitative estimate of drug-likeness (QED) is 0.110. The fraction of sp³-hybridized carbons (Fsp3) is 0.209. The van der Waals surface area contributed by atoms with E-state index in [0.29, 0.717) is 54.3 Å². The highest BCUT2D eigenvalue weighted by atomic mass is 35.5. The van der Waals surface area contributed by atoms with Gasteiger partial charge in [0.25, 0.3) is 0 Å². The van der Waals surface area contributed by atoms with E-state index in [1.807, 2.05) is 55.2 Å². The predicted molar refractivity (Wildman–Crippen MR) is 214 cm³/mol. The molecule has 3 heterocycles. The number of piperazine rings is 1. The molecule has 1 aliphatic rings. The van der Waals surface area contributed by atoms with Gasteiger partial charge in [0.15, 0.2) is 5.75 Å². The lowest BCUT2D eigenvalue weighted by atomic mass is 10.1. The summed E-state index contributed by atoms with van der Waals surface area (Å²) in [6.07, 6.45) is 10.8. The van der Waals surface area contributed by atoms with Crippen molar-refractivity contribution in [3.8, 4) is 29.2 Å². The summed E-state index contributed by atoms with van der Waals surface area (Å²) >= 11 is 6.62. The van der Waals surface area contributed by atoms with Crippen LogP contribution in [0.25, 0.3) is 12.2 Å². The molecule has 2 aromatic heterocycles. The number of rotatable bonds is 13. The number of hydrogen-bond acceptors (Lipinski definition) is 8. The number of ether oxygens (including phenoxy) is 3. The van der Waals surface area contributed by atoms with E-state index in [0.717, 1.165) is 53.3 Å². The maximum absolute atomic E-state index is 13.0. The van der Waals surface area contributed by atoms with Crippen LogP contribution in [-0.2, 0) is 17.9 Å². The fourth-order valence-corrected chi connectivity index (χ4v) is 6.02. The number of carbonyl (C=O) groups is 1. The molecular weight excluding hydrogens is 721 g/mol. The summed E-state index contributed by atoms with van der Waals surface area (Å²) in [4.78, 5) is 25.9. The number of pyridine rings is 2. The van der Waals surface area contributed by atoms with Gasteiger partial charge in [-0.2, -0.15) is 5.26 Å². The molecular formula is C43H41Cl2N5O4. The zero-order valence-electron chi connectivity index (χ0n) is 30.2. The zero-order valence-corrected chi connectivity index (χ0v) is 31.7. The lowest BCUT2D eigenvalue weighted by Crippen LogP contribution is -2.47. The van der Waals surface area contributed by atoms with Crippen molar-refractivity contribution in [2.75, 3.05) is 32.8 Å². The molecule has 1 saturated heterocycles. The Balaban J connectivity index is 0.00000561. The van der Waals surface area contributed by atoms with Crippen molar-refractivity contribution in [2.24, 2.45) is 0 Å². The van der Waals surface area contributed by atoms with Crippen LogP contribution in [0.3, 0.4) is 0 Å². The molecule has 0 radical (unpaired) electrons. The van der Waals surface area contributed by atoms with E-state index >= 15 is 0 Å². The molecule has 0 aliphatic carbocycles. The van der Waals surface area contributed by atoms with Crippen molar-refractivity contribution in [3.05, 3.63) is 154 Å². The second-order valence-electron chi connectivity index (χ2n) is 12.7. The van der Waals surface area contributed by atoms with Crippen LogP contribution in [0.2, 0.25) is 5.02 Å². The zero-order chi connectivity index (χ0) is 37.0. The van der Waals surface area contributed by atoms with Crippen LogP contribution in [0.4, 0.5) is 0 Å². The van der Waals surface area contributed by atoms with Crippen LogP contribution in [-0.4, -0.2) is 58.5 Å². The summed E-state index contributed by atoms with van der Waals surface area (Å²) in [6.45, 7) is 8.47. The number of amides is 1. The first-order valence-electron chi connectivity index (χ1n) is 17.4. The molecule has 1 amide bonds. The van der Waals surface area contributed by atoms with Crippen LogP contribution in [0.5, 0.6) is 23.1 Å². The van der Waals surface area contributed by atoms with Crippen molar-refractivity contribution in [3.63, 3.8) is 0 Å². The Morgan fingerprint density at radius 1 is 0.833 bits per heavy atom. The summed E-state index contributed by atoms with van der Waals surface area (Å²) in [5, 5.41) is 9.37. The maximum atomic E-state index is 13.0. The molecule has 3 aromatic carbocycles. The highest BCUT2D eigenvalue weighted by molar-refractivity contribution is 6.32. The van der Waals surface area contributed by atoms with Crippen molar-refractivity contribution in [2.45, 2.75) is 27.0 Å². The minimum Gasteiger partial charge on any atom is -0.488 e. The topological polar surface area (TPSA) is 101 Å². The highest BCUT2D eigenvalue weighted by Crippen LogP contribution is 2.34. The summed E-state index contributed by atoms with van der Waals surface area (Å²) < 4.78 is 17.5. The molecule has 0 atom stereocenters. The lowest BCUT2D eigenvalue weighted by molar-refractivity contribution is -0.127. The SMILES string of the molecule is Cc1ccc(OCC=Cc2ccc(CN3CCN(C(=O)C=Cc4cc(C)c(Oc5ccc(OCc6ccc(C#N)cc6)cn5)c(Cl)c4)CC3)cc2)cn1.Cl. The first kappa shape index (κ1) is 39.5. The second kappa shape index (κ2) is 19.4. The van der Waals surface area contributed by atoms with E-state index in [2.05, 4.69) is 51.3 Å². The number of halogens is 2. The van der Waals surface area contributed by atoms with E-state index < -0.39 is 0 Å². The highest BCUT2D eigenvalue weighted by Gasteiger charge is 2.20. The number of aromatic nitrogens is 2. The van der Waals surface area contributed by atoms with Crippen LogP contribution >= 0.6 is 24.0 Å². The number of aryl methyl sites for hydroxylation is 2. The normalized spacial score (nSPS) is 13.0. The van der Waals surface area contributed by atoms with Gasteiger partial charge in [0.1, 0.15) is 24.7 Å².